The molecule has 0 fully saturated rings. The van der Waals surface area contributed by atoms with Crippen LogP contribution in [0.4, 0.5) is 18.9 Å². The Morgan fingerprint density at radius 1 is 1.21 bits per heavy atom. The SMILES string of the molecule is CC1CN(c2ccc(C(F)(F)F)c(Cl)c2)C(=O)c2c(-c3cn(COCc4ccccc4)c(C#N)n3)cnn21. The van der Waals surface area contributed by atoms with Crippen molar-refractivity contribution >= 4 is 23.2 Å². The minimum absolute atomic E-state index is 0.0643. The Morgan fingerprint density at radius 3 is 2.66 bits per heavy atom. The first kappa shape index (κ1) is 25.5. The van der Waals surface area contributed by atoms with Crippen LogP contribution < -0.4 is 4.90 Å². The van der Waals surface area contributed by atoms with Crippen LogP contribution in [0.5, 0.6) is 0 Å². The molecule has 0 radical (unpaired) electrons. The number of nitrogens with zero attached hydrogens (tertiary/aromatic N) is 6. The zero-order valence-electron chi connectivity index (χ0n) is 20.0. The van der Waals surface area contributed by atoms with Gasteiger partial charge in [-0.3, -0.25) is 14.0 Å². The summed E-state index contributed by atoms with van der Waals surface area (Å²) in [6.07, 6.45) is -1.51. The number of ether oxygens (including phenoxy) is 1. The van der Waals surface area contributed by atoms with Gasteiger partial charge in [0, 0.05) is 18.4 Å². The summed E-state index contributed by atoms with van der Waals surface area (Å²) in [4.78, 5) is 19.3. The molecule has 2 aromatic heterocycles. The standard InChI is InChI=1S/C26H20ClF3N6O2/c1-16-12-35(18-7-8-20(21(27)9-18)26(28,29)30)25(37)24-19(11-32-36(16)24)22-13-34(23(10-31)33-22)15-38-14-17-5-3-2-4-6-17/h2-9,11,13,16H,12,14-15H2,1H3. The van der Waals surface area contributed by atoms with Crippen molar-refractivity contribution in [3.8, 4) is 17.3 Å². The molecule has 38 heavy (non-hydrogen) atoms. The van der Waals surface area contributed by atoms with E-state index < -0.39 is 22.7 Å². The van der Waals surface area contributed by atoms with Gasteiger partial charge in [0.25, 0.3) is 5.91 Å². The van der Waals surface area contributed by atoms with E-state index in [-0.39, 0.29) is 36.5 Å². The fourth-order valence-corrected chi connectivity index (χ4v) is 4.63. The molecule has 8 nitrogen and oxygen atoms in total. The molecule has 0 saturated heterocycles. The van der Waals surface area contributed by atoms with Gasteiger partial charge in [0.2, 0.25) is 5.82 Å². The Kier molecular flexibility index (Phi) is 6.69. The molecular formula is C26H20ClF3N6O2. The highest BCUT2D eigenvalue weighted by Crippen LogP contribution is 2.38. The van der Waals surface area contributed by atoms with Gasteiger partial charge in [0.1, 0.15) is 18.5 Å². The number of rotatable bonds is 6. The number of imidazole rings is 1. The highest BCUT2D eigenvalue weighted by Gasteiger charge is 2.37. The lowest BCUT2D eigenvalue weighted by Crippen LogP contribution is -2.42. The first-order valence-electron chi connectivity index (χ1n) is 11.5. The topological polar surface area (TPSA) is 89.0 Å². The highest BCUT2D eigenvalue weighted by molar-refractivity contribution is 6.31. The van der Waals surface area contributed by atoms with E-state index >= 15 is 0 Å². The van der Waals surface area contributed by atoms with Crippen molar-refractivity contribution in [1.29, 1.82) is 5.26 Å². The number of hydrogen-bond donors (Lipinski definition) is 0. The van der Waals surface area contributed by atoms with Crippen LogP contribution >= 0.6 is 11.6 Å². The highest BCUT2D eigenvalue weighted by atomic mass is 35.5. The molecule has 3 heterocycles. The molecule has 1 amide bonds. The van der Waals surface area contributed by atoms with Gasteiger partial charge in [0.05, 0.1) is 40.7 Å². The van der Waals surface area contributed by atoms with E-state index in [1.54, 1.807) is 10.9 Å². The van der Waals surface area contributed by atoms with E-state index in [0.717, 1.165) is 17.7 Å². The van der Waals surface area contributed by atoms with E-state index in [4.69, 9.17) is 16.3 Å². The maximum atomic E-state index is 13.6. The van der Waals surface area contributed by atoms with Crippen LogP contribution in [0.2, 0.25) is 5.02 Å². The summed E-state index contributed by atoms with van der Waals surface area (Å²) >= 11 is 5.91. The van der Waals surface area contributed by atoms with Gasteiger partial charge in [-0.2, -0.15) is 23.5 Å². The van der Waals surface area contributed by atoms with Gasteiger partial charge in [0.15, 0.2) is 0 Å². The number of fused-ring (bicyclic) bond motifs is 1. The summed E-state index contributed by atoms with van der Waals surface area (Å²) in [7, 11) is 0. The number of carbonyl (C=O) groups excluding carboxylic acids is 1. The Labute approximate surface area is 220 Å². The Hall–Kier alpha value is -4.14. The van der Waals surface area contributed by atoms with Crippen LogP contribution in [0.3, 0.4) is 0 Å². The summed E-state index contributed by atoms with van der Waals surface area (Å²) in [5, 5.41) is 13.5. The molecule has 0 N–H and O–H groups in total. The lowest BCUT2D eigenvalue weighted by atomic mass is 10.1. The van der Waals surface area contributed by atoms with Crippen molar-refractivity contribution in [1.82, 2.24) is 19.3 Å². The second kappa shape index (κ2) is 9.96. The van der Waals surface area contributed by atoms with E-state index in [1.807, 2.05) is 43.3 Å². The Balaban J connectivity index is 1.43. The number of benzene rings is 2. The molecule has 194 valence electrons. The molecule has 0 spiro atoms. The van der Waals surface area contributed by atoms with Gasteiger partial charge >= 0.3 is 6.18 Å². The van der Waals surface area contributed by atoms with Crippen LogP contribution in [0.15, 0.2) is 60.9 Å². The fourth-order valence-electron chi connectivity index (χ4n) is 4.34. The third-order valence-corrected chi connectivity index (χ3v) is 6.48. The fraction of sp³-hybridized carbons (Fsp3) is 0.231. The third kappa shape index (κ3) is 4.76. The Bertz CT molecular complexity index is 1540. The molecule has 0 aliphatic carbocycles. The molecule has 1 aliphatic rings. The molecule has 12 heteroatoms. The van der Waals surface area contributed by atoms with E-state index in [1.165, 1.54) is 21.7 Å². The molecule has 0 saturated carbocycles. The third-order valence-electron chi connectivity index (χ3n) is 6.17. The predicted octanol–water partition coefficient (Wildman–Crippen LogP) is 5.69. The number of carbonyl (C=O) groups is 1. The van der Waals surface area contributed by atoms with Gasteiger partial charge in [-0.25, -0.2) is 4.98 Å². The van der Waals surface area contributed by atoms with Gasteiger partial charge in [-0.1, -0.05) is 41.9 Å². The largest absolute Gasteiger partial charge is 0.417 e. The zero-order valence-corrected chi connectivity index (χ0v) is 20.7. The molecule has 0 bridgehead atoms. The lowest BCUT2D eigenvalue weighted by Gasteiger charge is -2.32. The minimum Gasteiger partial charge on any atom is -0.356 e. The summed E-state index contributed by atoms with van der Waals surface area (Å²) in [5.41, 5.74) is 1.17. The van der Waals surface area contributed by atoms with E-state index in [2.05, 4.69) is 10.1 Å². The zero-order chi connectivity index (χ0) is 27.0. The number of halogens is 4. The van der Waals surface area contributed by atoms with Crippen LogP contribution in [0.1, 0.15) is 40.4 Å². The van der Waals surface area contributed by atoms with Gasteiger partial charge in [-0.15, -0.1) is 0 Å². The maximum absolute atomic E-state index is 13.6. The number of alkyl halides is 3. The smallest absolute Gasteiger partial charge is 0.356 e. The second-order valence-corrected chi connectivity index (χ2v) is 9.18. The first-order valence-corrected chi connectivity index (χ1v) is 11.9. The first-order chi connectivity index (χ1) is 18.2. The van der Waals surface area contributed by atoms with Crippen molar-refractivity contribution in [3.05, 3.63) is 88.6 Å². The second-order valence-electron chi connectivity index (χ2n) is 8.77. The quantitative estimate of drug-likeness (QED) is 0.314. The van der Waals surface area contributed by atoms with Crippen molar-refractivity contribution in [2.24, 2.45) is 0 Å². The van der Waals surface area contributed by atoms with Crippen LogP contribution in [0, 0.1) is 11.3 Å². The summed E-state index contributed by atoms with van der Waals surface area (Å²) < 4.78 is 48.3. The summed E-state index contributed by atoms with van der Waals surface area (Å²) in [5.74, 6) is -0.379. The van der Waals surface area contributed by atoms with Crippen LogP contribution in [-0.4, -0.2) is 31.8 Å². The molecule has 4 aromatic rings. The van der Waals surface area contributed by atoms with Crippen LogP contribution in [-0.2, 0) is 24.3 Å². The van der Waals surface area contributed by atoms with E-state index in [9.17, 15) is 23.2 Å². The van der Waals surface area contributed by atoms with Crippen molar-refractivity contribution in [2.45, 2.75) is 32.5 Å². The Morgan fingerprint density at radius 2 is 1.97 bits per heavy atom. The van der Waals surface area contributed by atoms with Gasteiger partial charge in [-0.05, 0) is 30.7 Å². The average molecular weight is 541 g/mol. The van der Waals surface area contributed by atoms with E-state index in [0.29, 0.717) is 17.9 Å². The maximum Gasteiger partial charge on any atom is 0.417 e. The van der Waals surface area contributed by atoms with Crippen molar-refractivity contribution in [3.63, 3.8) is 0 Å². The number of hydrogen-bond acceptors (Lipinski definition) is 5. The van der Waals surface area contributed by atoms with Crippen LogP contribution in [0.25, 0.3) is 11.3 Å². The number of amides is 1. The average Bonchev–Trinajstić information content (AvgIpc) is 3.51. The number of anilines is 1. The molecule has 1 atom stereocenters. The molecule has 2 aromatic carbocycles. The monoisotopic (exact) mass is 540 g/mol. The number of aromatic nitrogens is 4. The normalized spacial score (nSPS) is 15.4. The minimum atomic E-state index is -4.61. The summed E-state index contributed by atoms with van der Waals surface area (Å²) in [6.45, 7) is 2.42. The summed E-state index contributed by atoms with van der Waals surface area (Å²) in [6, 6.07) is 14.5. The van der Waals surface area contributed by atoms with Gasteiger partial charge < -0.3 is 9.64 Å². The molecule has 1 aliphatic heterocycles. The molecule has 5 rings (SSSR count). The molecule has 1 unspecified atom stereocenters. The predicted molar refractivity (Wildman–Crippen MR) is 132 cm³/mol. The lowest BCUT2D eigenvalue weighted by molar-refractivity contribution is -0.137. The molecular weight excluding hydrogens is 521 g/mol. The van der Waals surface area contributed by atoms with Crippen molar-refractivity contribution in [2.75, 3.05) is 11.4 Å². The van der Waals surface area contributed by atoms with Crippen molar-refractivity contribution < 1.29 is 22.7 Å². The number of nitriles is 1.